The van der Waals surface area contributed by atoms with Crippen molar-refractivity contribution in [1.29, 1.82) is 0 Å². The van der Waals surface area contributed by atoms with Crippen molar-refractivity contribution in [1.82, 2.24) is 5.32 Å². The molecule has 2 N–H and O–H groups in total. The maximum Gasteiger partial charge on any atom is 0.0610 e. The summed E-state index contributed by atoms with van der Waals surface area (Å²) in [5, 5.41) is 14.8. The van der Waals surface area contributed by atoms with E-state index in [1.165, 1.54) is 11.3 Å². The Morgan fingerprint density at radius 2 is 2.57 bits per heavy atom. The van der Waals surface area contributed by atoms with Crippen LogP contribution in [0.4, 0.5) is 0 Å². The maximum absolute atomic E-state index is 9.31. The minimum absolute atomic E-state index is 0.0765. The third-order valence-electron chi connectivity index (χ3n) is 3.04. The van der Waals surface area contributed by atoms with Gasteiger partial charge in [0.2, 0.25) is 0 Å². The zero-order chi connectivity index (χ0) is 10.0. The Bertz CT molecular complexity index is 285. The van der Waals surface area contributed by atoms with Gasteiger partial charge < -0.3 is 10.4 Å². The summed E-state index contributed by atoms with van der Waals surface area (Å²) in [4.78, 5) is 1.46. The van der Waals surface area contributed by atoms with Crippen molar-refractivity contribution in [2.45, 2.75) is 31.2 Å². The van der Waals surface area contributed by atoms with E-state index in [2.05, 4.69) is 29.8 Å². The van der Waals surface area contributed by atoms with Crippen LogP contribution in [0.5, 0.6) is 0 Å². The first kappa shape index (κ1) is 10.1. The van der Waals surface area contributed by atoms with Crippen molar-refractivity contribution < 1.29 is 5.11 Å². The molecular formula is C11H17NOS. The van der Waals surface area contributed by atoms with Crippen molar-refractivity contribution in [3.05, 3.63) is 22.4 Å². The number of nitrogens with one attached hydrogen (secondary N) is 1. The van der Waals surface area contributed by atoms with E-state index in [9.17, 15) is 5.11 Å². The summed E-state index contributed by atoms with van der Waals surface area (Å²) in [6.07, 6.45) is 2.24. The molecule has 2 atom stereocenters. The van der Waals surface area contributed by atoms with Crippen LogP contribution in [0.3, 0.4) is 0 Å². The van der Waals surface area contributed by atoms with Gasteiger partial charge in [-0.15, -0.1) is 11.3 Å². The molecule has 1 aliphatic heterocycles. The van der Waals surface area contributed by atoms with Crippen molar-refractivity contribution in [3.8, 4) is 0 Å². The lowest BCUT2D eigenvalue weighted by molar-refractivity contribution is 0.138. The zero-order valence-corrected chi connectivity index (χ0v) is 9.31. The third kappa shape index (κ3) is 2.00. The molecule has 3 heteroatoms. The molecule has 0 amide bonds. The van der Waals surface area contributed by atoms with Gasteiger partial charge in [0.25, 0.3) is 0 Å². The molecule has 2 heterocycles. The highest BCUT2D eigenvalue weighted by atomic mass is 32.1. The van der Waals surface area contributed by atoms with E-state index in [-0.39, 0.29) is 12.1 Å². The molecule has 0 aliphatic carbocycles. The molecule has 0 aromatic carbocycles. The molecule has 0 bridgehead atoms. The SMILES string of the molecule is CC1(CO)CC(c2cccs2)CCN1. The molecule has 1 aliphatic rings. The van der Waals surface area contributed by atoms with E-state index in [1.807, 2.05) is 11.3 Å². The maximum atomic E-state index is 9.31. The second kappa shape index (κ2) is 4.01. The minimum Gasteiger partial charge on any atom is -0.394 e. The molecule has 1 fully saturated rings. The first-order chi connectivity index (χ1) is 6.73. The summed E-state index contributed by atoms with van der Waals surface area (Å²) in [7, 11) is 0. The van der Waals surface area contributed by atoms with Gasteiger partial charge >= 0.3 is 0 Å². The van der Waals surface area contributed by atoms with Crippen molar-refractivity contribution in [3.63, 3.8) is 0 Å². The Labute approximate surface area is 89.0 Å². The van der Waals surface area contributed by atoms with E-state index in [1.54, 1.807) is 0 Å². The topological polar surface area (TPSA) is 32.3 Å². The molecule has 2 rings (SSSR count). The van der Waals surface area contributed by atoms with Gasteiger partial charge in [-0.05, 0) is 43.7 Å². The van der Waals surface area contributed by atoms with Gasteiger partial charge in [-0.25, -0.2) is 0 Å². The Kier molecular flexibility index (Phi) is 2.91. The monoisotopic (exact) mass is 211 g/mol. The minimum atomic E-state index is -0.0765. The van der Waals surface area contributed by atoms with E-state index in [4.69, 9.17) is 0 Å². The standard InChI is InChI=1S/C11H17NOS/c1-11(8-13)7-9(4-5-12-11)10-3-2-6-14-10/h2-3,6,9,12-13H,4-5,7-8H2,1H3. The second-order valence-corrected chi connectivity index (χ2v) is 5.33. The van der Waals surface area contributed by atoms with Crippen LogP contribution in [0.25, 0.3) is 0 Å². The van der Waals surface area contributed by atoms with Crippen LogP contribution in [-0.2, 0) is 0 Å². The molecule has 0 radical (unpaired) electrons. The van der Waals surface area contributed by atoms with Crippen LogP contribution < -0.4 is 5.32 Å². The fourth-order valence-electron chi connectivity index (χ4n) is 2.15. The molecule has 0 spiro atoms. The zero-order valence-electron chi connectivity index (χ0n) is 8.49. The Hall–Kier alpha value is -0.380. The summed E-state index contributed by atoms with van der Waals surface area (Å²) in [6.45, 7) is 3.35. The average molecular weight is 211 g/mol. The molecule has 2 unspecified atom stereocenters. The molecule has 2 nitrogen and oxygen atoms in total. The lowest BCUT2D eigenvalue weighted by Crippen LogP contribution is -2.50. The largest absolute Gasteiger partial charge is 0.394 e. The number of rotatable bonds is 2. The van der Waals surface area contributed by atoms with Gasteiger partial charge in [0.15, 0.2) is 0 Å². The number of piperidine rings is 1. The van der Waals surface area contributed by atoms with Gasteiger partial charge in [0.1, 0.15) is 0 Å². The first-order valence-electron chi connectivity index (χ1n) is 5.13. The number of hydrogen-bond acceptors (Lipinski definition) is 3. The summed E-state index contributed by atoms with van der Waals surface area (Å²) in [6, 6.07) is 4.32. The lowest BCUT2D eigenvalue weighted by Gasteiger charge is -2.37. The van der Waals surface area contributed by atoms with Gasteiger partial charge in [0.05, 0.1) is 6.61 Å². The molecule has 14 heavy (non-hydrogen) atoms. The summed E-state index contributed by atoms with van der Waals surface area (Å²) >= 11 is 1.83. The molecule has 1 saturated heterocycles. The van der Waals surface area contributed by atoms with Crippen LogP contribution >= 0.6 is 11.3 Å². The van der Waals surface area contributed by atoms with Crippen LogP contribution in [0.2, 0.25) is 0 Å². The Morgan fingerprint density at radius 1 is 1.71 bits per heavy atom. The summed E-state index contributed by atoms with van der Waals surface area (Å²) in [5.74, 6) is 0.633. The fourth-order valence-corrected chi connectivity index (χ4v) is 3.02. The highest BCUT2D eigenvalue weighted by Gasteiger charge is 2.31. The fraction of sp³-hybridized carbons (Fsp3) is 0.636. The molecular weight excluding hydrogens is 194 g/mol. The van der Waals surface area contributed by atoms with Crippen LogP contribution in [-0.4, -0.2) is 23.8 Å². The van der Waals surface area contributed by atoms with Crippen LogP contribution in [0.15, 0.2) is 17.5 Å². The van der Waals surface area contributed by atoms with E-state index < -0.39 is 0 Å². The molecule has 1 aromatic heterocycles. The second-order valence-electron chi connectivity index (χ2n) is 4.35. The van der Waals surface area contributed by atoms with Crippen molar-refractivity contribution in [2.75, 3.05) is 13.2 Å². The van der Waals surface area contributed by atoms with Gasteiger partial charge in [-0.1, -0.05) is 6.07 Å². The molecule has 78 valence electrons. The number of thiophene rings is 1. The number of aliphatic hydroxyl groups is 1. The molecule has 0 saturated carbocycles. The van der Waals surface area contributed by atoms with Crippen molar-refractivity contribution >= 4 is 11.3 Å². The number of aliphatic hydroxyl groups excluding tert-OH is 1. The van der Waals surface area contributed by atoms with E-state index in [0.29, 0.717) is 5.92 Å². The van der Waals surface area contributed by atoms with Crippen LogP contribution in [0, 0.1) is 0 Å². The van der Waals surface area contributed by atoms with Gasteiger partial charge in [-0.2, -0.15) is 0 Å². The summed E-state index contributed by atoms with van der Waals surface area (Å²) in [5.41, 5.74) is -0.0765. The third-order valence-corrected chi connectivity index (χ3v) is 4.07. The number of hydrogen-bond donors (Lipinski definition) is 2. The Morgan fingerprint density at radius 3 is 3.21 bits per heavy atom. The molecule has 1 aromatic rings. The first-order valence-corrected chi connectivity index (χ1v) is 6.01. The van der Waals surface area contributed by atoms with E-state index >= 15 is 0 Å². The predicted molar refractivity (Wildman–Crippen MR) is 59.8 cm³/mol. The lowest BCUT2D eigenvalue weighted by atomic mass is 9.83. The van der Waals surface area contributed by atoms with Crippen LogP contribution in [0.1, 0.15) is 30.6 Å². The smallest absolute Gasteiger partial charge is 0.0610 e. The normalized spacial score (nSPS) is 33.1. The predicted octanol–water partition coefficient (Wildman–Crippen LogP) is 1.97. The highest BCUT2D eigenvalue weighted by Crippen LogP contribution is 2.34. The Balaban J connectivity index is 2.08. The van der Waals surface area contributed by atoms with Crippen molar-refractivity contribution in [2.24, 2.45) is 0 Å². The van der Waals surface area contributed by atoms with E-state index in [0.717, 1.165) is 13.0 Å². The van der Waals surface area contributed by atoms with Gasteiger partial charge in [0, 0.05) is 10.4 Å². The quantitative estimate of drug-likeness (QED) is 0.784. The van der Waals surface area contributed by atoms with Gasteiger partial charge in [-0.3, -0.25) is 0 Å². The highest BCUT2D eigenvalue weighted by molar-refractivity contribution is 7.10. The average Bonchev–Trinajstić information content (AvgIpc) is 2.71. The summed E-state index contributed by atoms with van der Waals surface area (Å²) < 4.78 is 0.